The average molecular weight is 281 g/mol. The molecule has 0 aromatic heterocycles. The van der Waals surface area contributed by atoms with Crippen LogP contribution in [0, 0.1) is 5.92 Å². The van der Waals surface area contributed by atoms with Gasteiger partial charge in [0.2, 0.25) is 5.91 Å². The van der Waals surface area contributed by atoms with Crippen molar-refractivity contribution in [1.29, 1.82) is 0 Å². The molecular formula is C15H23NO4. The van der Waals surface area contributed by atoms with E-state index in [0.717, 1.165) is 25.7 Å². The first-order chi connectivity index (χ1) is 9.66. The van der Waals surface area contributed by atoms with E-state index < -0.39 is 5.97 Å². The molecule has 1 aliphatic heterocycles. The van der Waals surface area contributed by atoms with Crippen LogP contribution in [-0.2, 0) is 14.3 Å². The molecule has 1 heterocycles. The topological polar surface area (TPSA) is 66.8 Å². The van der Waals surface area contributed by atoms with Crippen LogP contribution < -0.4 is 0 Å². The van der Waals surface area contributed by atoms with Gasteiger partial charge in [0.15, 0.2) is 0 Å². The van der Waals surface area contributed by atoms with Gasteiger partial charge in [-0.25, -0.2) is 0 Å². The first kappa shape index (κ1) is 15.0. The minimum Gasteiger partial charge on any atom is -0.481 e. The molecule has 1 saturated heterocycles. The van der Waals surface area contributed by atoms with Gasteiger partial charge in [-0.1, -0.05) is 12.2 Å². The minimum atomic E-state index is -0.851. The van der Waals surface area contributed by atoms with E-state index in [2.05, 4.69) is 12.2 Å². The minimum absolute atomic E-state index is 0.0175. The lowest BCUT2D eigenvalue weighted by molar-refractivity contribution is -0.140. The van der Waals surface area contributed by atoms with Crippen molar-refractivity contribution in [3.05, 3.63) is 12.2 Å². The molecule has 0 aromatic carbocycles. The monoisotopic (exact) mass is 281 g/mol. The van der Waals surface area contributed by atoms with Crippen molar-refractivity contribution in [3.63, 3.8) is 0 Å². The number of amides is 1. The van der Waals surface area contributed by atoms with E-state index in [9.17, 15) is 9.59 Å². The van der Waals surface area contributed by atoms with Gasteiger partial charge < -0.3 is 14.7 Å². The van der Waals surface area contributed by atoms with E-state index in [0.29, 0.717) is 32.1 Å². The highest BCUT2D eigenvalue weighted by atomic mass is 16.5. The number of nitrogens with zero attached hydrogens (tertiary/aromatic N) is 1. The molecule has 1 amide bonds. The Labute approximate surface area is 119 Å². The van der Waals surface area contributed by atoms with Gasteiger partial charge in [-0.15, -0.1) is 0 Å². The van der Waals surface area contributed by atoms with Crippen LogP contribution in [0.1, 0.15) is 38.5 Å². The lowest BCUT2D eigenvalue weighted by Gasteiger charge is -2.34. The quantitative estimate of drug-likeness (QED) is 0.754. The smallest absolute Gasteiger partial charge is 0.305 e. The number of rotatable bonds is 6. The number of carbonyl (C=O) groups excluding carboxylic acids is 1. The molecule has 1 fully saturated rings. The van der Waals surface area contributed by atoms with Crippen LogP contribution in [0.25, 0.3) is 0 Å². The average Bonchev–Trinajstić information content (AvgIpc) is 2.92. The van der Waals surface area contributed by atoms with Crippen molar-refractivity contribution in [2.75, 3.05) is 19.8 Å². The molecule has 1 atom stereocenters. The van der Waals surface area contributed by atoms with Gasteiger partial charge in [-0.2, -0.15) is 0 Å². The molecule has 2 rings (SSSR count). The summed E-state index contributed by atoms with van der Waals surface area (Å²) in [7, 11) is 0. The molecule has 0 unspecified atom stereocenters. The van der Waals surface area contributed by atoms with Gasteiger partial charge >= 0.3 is 5.97 Å². The van der Waals surface area contributed by atoms with Crippen LogP contribution in [0.2, 0.25) is 0 Å². The van der Waals surface area contributed by atoms with Crippen LogP contribution in [0.15, 0.2) is 12.2 Å². The molecule has 5 nitrogen and oxygen atoms in total. The molecule has 112 valence electrons. The fraction of sp³-hybridized carbons (Fsp3) is 0.733. The Hall–Kier alpha value is -1.36. The van der Waals surface area contributed by atoms with Gasteiger partial charge in [-0.3, -0.25) is 9.59 Å². The van der Waals surface area contributed by atoms with Crippen LogP contribution in [0.3, 0.4) is 0 Å². The second-order valence-electron chi connectivity index (χ2n) is 5.54. The van der Waals surface area contributed by atoms with Crippen molar-refractivity contribution in [2.45, 2.75) is 44.6 Å². The predicted molar refractivity (Wildman–Crippen MR) is 74.3 cm³/mol. The highest BCUT2D eigenvalue weighted by molar-refractivity contribution is 5.78. The Morgan fingerprint density at radius 3 is 2.60 bits per heavy atom. The lowest BCUT2D eigenvalue weighted by Crippen LogP contribution is -2.44. The molecule has 2 aliphatic rings. The van der Waals surface area contributed by atoms with E-state index >= 15 is 0 Å². The summed E-state index contributed by atoms with van der Waals surface area (Å²) in [4.78, 5) is 25.0. The van der Waals surface area contributed by atoms with Gasteiger partial charge in [0, 0.05) is 32.2 Å². The number of allylic oxidation sites excluding steroid dienone is 2. The number of aliphatic carboxylic acids is 1. The fourth-order valence-corrected chi connectivity index (χ4v) is 2.93. The lowest BCUT2D eigenvalue weighted by atomic mass is 10.0. The standard InChI is InChI=1S/C15H23NO4/c17-14(11-12-3-1-2-4-12)16(8-5-15(18)19)13-6-9-20-10-7-13/h1,3,12-13H,2,4-11H2,(H,18,19)/t12-/m0/s1. The summed E-state index contributed by atoms with van der Waals surface area (Å²) >= 11 is 0. The van der Waals surface area contributed by atoms with E-state index in [1.165, 1.54) is 0 Å². The Balaban J connectivity index is 1.93. The molecule has 1 N–H and O–H groups in total. The zero-order valence-electron chi connectivity index (χ0n) is 11.8. The molecule has 0 spiro atoms. The van der Waals surface area contributed by atoms with Crippen molar-refractivity contribution in [3.8, 4) is 0 Å². The first-order valence-corrected chi connectivity index (χ1v) is 7.42. The van der Waals surface area contributed by atoms with Crippen LogP contribution in [-0.4, -0.2) is 47.7 Å². The maximum Gasteiger partial charge on any atom is 0.305 e. The Morgan fingerprint density at radius 2 is 2.00 bits per heavy atom. The van der Waals surface area contributed by atoms with Crippen molar-refractivity contribution >= 4 is 11.9 Å². The maximum atomic E-state index is 12.5. The summed E-state index contributed by atoms with van der Waals surface area (Å²) in [6, 6.07) is 0.140. The molecule has 20 heavy (non-hydrogen) atoms. The highest BCUT2D eigenvalue weighted by Crippen LogP contribution is 2.23. The molecule has 5 heteroatoms. The number of carboxylic acids is 1. The van der Waals surface area contributed by atoms with Gasteiger partial charge in [-0.05, 0) is 31.6 Å². The third-order valence-corrected chi connectivity index (χ3v) is 4.07. The number of carbonyl (C=O) groups is 2. The molecule has 1 aliphatic carbocycles. The number of hydrogen-bond acceptors (Lipinski definition) is 3. The second-order valence-corrected chi connectivity index (χ2v) is 5.54. The van der Waals surface area contributed by atoms with E-state index in [4.69, 9.17) is 9.84 Å². The van der Waals surface area contributed by atoms with Crippen LogP contribution >= 0.6 is 0 Å². The fourth-order valence-electron chi connectivity index (χ4n) is 2.93. The largest absolute Gasteiger partial charge is 0.481 e. The molecular weight excluding hydrogens is 258 g/mol. The Kier molecular flexibility index (Phi) is 5.59. The predicted octanol–water partition coefficient (Wildman–Crippen LogP) is 1.83. The zero-order valence-corrected chi connectivity index (χ0v) is 11.8. The highest BCUT2D eigenvalue weighted by Gasteiger charge is 2.27. The van der Waals surface area contributed by atoms with E-state index in [1.54, 1.807) is 4.90 Å². The summed E-state index contributed by atoms with van der Waals surface area (Å²) < 4.78 is 5.32. The van der Waals surface area contributed by atoms with Crippen LogP contribution in [0.4, 0.5) is 0 Å². The normalized spacial score (nSPS) is 22.9. The Morgan fingerprint density at radius 1 is 1.25 bits per heavy atom. The van der Waals surface area contributed by atoms with Gasteiger partial charge in [0.1, 0.15) is 0 Å². The third kappa shape index (κ3) is 4.34. The molecule has 0 bridgehead atoms. The number of carboxylic acid groups (broad SMARTS) is 1. The second kappa shape index (κ2) is 7.43. The molecule has 0 aromatic rings. The van der Waals surface area contributed by atoms with E-state index in [-0.39, 0.29) is 18.4 Å². The molecule has 0 radical (unpaired) electrons. The summed E-state index contributed by atoms with van der Waals surface area (Å²) in [6.07, 6.45) is 8.46. The van der Waals surface area contributed by atoms with Crippen molar-refractivity contribution in [1.82, 2.24) is 4.90 Å². The first-order valence-electron chi connectivity index (χ1n) is 7.42. The van der Waals surface area contributed by atoms with Crippen molar-refractivity contribution in [2.24, 2.45) is 5.92 Å². The molecule has 0 saturated carbocycles. The summed E-state index contributed by atoms with van der Waals surface area (Å²) in [5.74, 6) is -0.431. The number of ether oxygens (including phenoxy) is 1. The van der Waals surface area contributed by atoms with Gasteiger partial charge in [0.25, 0.3) is 0 Å². The van der Waals surface area contributed by atoms with Gasteiger partial charge in [0.05, 0.1) is 6.42 Å². The summed E-state index contributed by atoms with van der Waals surface area (Å²) in [5.41, 5.74) is 0. The summed E-state index contributed by atoms with van der Waals surface area (Å²) in [5, 5.41) is 8.85. The SMILES string of the molecule is O=C(O)CCN(C(=O)C[C@H]1C=CCC1)C1CCOCC1. The number of hydrogen-bond donors (Lipinski definition) is 1. The summed E-state index contributed by atoms with van der Waals surface area (Å²) in [6.45, 7) is 1.63. The zero-order chi connectivity index (χ0) is 14.4. The van der Waals surface area contributed by atoms with Crippen LogP contribution in [0.5, 0.6) is 0 Å². The Bertz CT molecular complexity index is 374. The maximum absolute atomic E-state index is 12.5. The third-order valence-electron chi connectivity index (χ3n) is 4.07. The van der Waals surface area contributed by atoms with Crippen molar-refractivity contribution < 1.29 is 19.4 Å². The van der Waals surface area contributed by atoms with E-state index in [1.807, 2.05) is 0 Å².